The number of para-hydroxylation sites is 1. The normalized spacial score (nSPS) is 25.5. The van der Waals surface area contributed by atoms with Gasteiger partial charge in [-0.25, -0.2) is 0 Å². The number of nitrogens with one attached hydrogen (secondary N) is 1. The predicted molar refractivity (Wildman–Crippen MR) is 98.0 cm³/mol. The molecular weight excluding hydrogens is 316 g/mol. The lowest BCUT2D eigenvalue weighted by Crippen LogP contribution is -2.57. The summed E-state index contributed by atoms with van der Waals surface area (Å²) in [6, 6.07) is 6.63. The molecule has 6 heteroatoms. The average Bonchev–Trinajstić information content (AvgIpc) is 3.06. The van der Waals surface area contributed by atoms with Crippen molar-refractivity contribution in [1.29, 1.82) is 0 Å². The number of oxazole rings is 1. The predicted octanol–water partition coefficient (Wildman–Crippen LogP) is 2.50. The SMILES string of the molecule is CC(C)N(C)c1nc2c(C(=O)N[C@@H]3CN4CCC3CC4)cccc2o1. The van der Waals surface area contributed by atoms with Crippen LogP contribution < -0.4 is 10.2 Å². The molecule has 3 saturated heterocycles. The van der Waals surface area contributed by atoms with Crippen LogP contribution in [0.15, 0.2) is 22.6 Å². The Hall–Kier alpha value is -2.08. The highest BCUT2D eigenvalue weighted by Crippen LogP contribution is 2.29. The van der Waals surface area contributed by atoms with Crippen LogP contribution in [0.2, 0.25) is 0 Å². The van der Waals surface area contributed by atoms with E-state index in [1.807, 2.05) is 30.1 Å². The van der Waals surface area contributed by atoms with E-state index in [0.29, 0.717) is 28.6 Å². The Labute approximate surface area is 148 Å². The van der Waals surface area contributed by atoms with Gasteiger partial charge >= 0.3 is 0 Å². The lowest BCUT2D eigenvalue weighted by Gasteiger charge is -2.44. The van der Waals surface area contributed by atoms with Crippen molar-refractivity contribution in [2.24, 2.45) is 5.92 Å². The van der Waals surface area contributed by atoms with Gasteiger partial charge in [-0.2, -0.15) is 4.98 Å². The van der Waals surface area contributed by atoms with E-state index in [1.165, 1.54) is 25.9 Å². The second-order valence-electron chi connectivity index (χ2n) is 7.57. The number of rotatable bonds is 4. The first-order chi connectivity index (χ1) is 12.0. The van der Waals surface area contributed by atoms with E-state index in [9.17, 15) is 4.79 Å². The number of nitrogens with zero attached hydrogens (tertiary/aromatic N) is 3. The molecular formula is C19H26N4O2. The maximum atomic E-state index is 12.9. The molecule has 0 saturated carbocycles. The summed E-state index contributed by atoms with van der Waals surface area (Å²) in [6.45, 7) is 7.46. The number of carbonyl (C=O) groups excluding carboxylic acids is 1. The molecule has 1 N–H and O–H groups in total. The molecule has 1 aromatic carbocycles. The molecule has 0 aliphatic carbocycles. The fourth-order valence-corrected chi connectivity index (χ4v) is 3.87. The molecule has 2 aromatic rings. The Bertz CT molecular complexity index is 777. The number of carbonyl (C=O) groups is 1. The van der Waals surface area contributed by atoms with Gasteiger partial charge in [0.05, 0.1) is 5.56 Å². The van der Waals surface area contributed by atoms with E-state index in [4.69, 9.17) is 4.42 Å². The minimum atomic E-state index is -0.0450. The molecule has 0 spiro atoms. The van der Waals surface area contributed by atoms with Crippen molar-refractivity contribution in [3.05, 3.63) is 23.8 Å². The fourth-order valence-electron chi connectivity index (χ4n) is 3.87. The summed E-state index contributed by atoms with van der Waals surface area (Å²) in [5.74, 6) is 0.560. The average molecular weight is 342 g/mol. The third-order valence-corrected chi connectivity index (χ3v) is 5.70. The summed E-state index contributed by atoms with van der Waals surface area (Å²) in [4.78, 5) is 21.9. The third-order valence-electron chi connectivity index (χ3n) is 5.70. The van der Waals surface area contributed by atoms with Crippen LogP contribution in [0.3, 0.4) is 0 Å². The van der Waals surface area contributed by atoms with Gasteiger partial charge in [-0.05, 0) is 57.8 Å². The highest BCUT2D eigenvalue weighted by atomic mass is 16.4. The molecule has 6 nitrogen and oxygen atoms in total. The molecule has 2 bridgehead atoms. The first kappa shape index (κ1) is 16.4. The summed E-state index contributed by atoms with van der Waals surface area (Å²) in [5.41, 5.74) is 1.90. The van der Waals surface area contributed by atoms with Crippen molar-refractivity contribution < 1.29 is 9.21 Å². The number of benzene rings is 1. The molecule has 4 heterocycles. The molecule has 0 unspecified atom stereocenters. The van der Waals surface area contributed by atoms with Gasteiger partial charge in [-0.3, -0.25) is 4.79 Å². The largest absolute Gasteiger partial charge is 0.423 e. The highest BCUT2D eigenvalue weighted by molar-refractivity contribution is 6.04. The first-order valence-corrected chi connectivity index (χ1v) is 9.18. The van der Waals surface area contributed by atoms with Gasteiger partial charge in [0, 0.05) is 25.7 Å². The molecule has 134 valence electrons. The summed E-state index contributed by atoms with van der Waals surface area (Å²) < 4.78 is 5.85. The summed E-state index contributed by atoms with van der Waals surface area (Å²) in [7, 11) is 1.95. The second kappa shape index (κ2) is 6.33. The molecule has 1 aromatic heterocycles. The second-order valence-corrected chi connectivity index (χ2v) is 7.57. The van der Waals surface area contributed by atoms with E-state index in [-0.39, 0.29) is 18.0 Å². The molecule has 3 aliphatic rings. The zero-order valence-corrected chi connectivity index (χ0v) is 15.2. The van der Waals surface area contributed by atoms with Gasteiger partial charge in [0.25, 0.3) is 11.9 Å². The van der Waals surface area contributed by atoms with Gasteiger partial charge in [0.1, 0.15) is 5.52 Å². The number of hydrogen-bond acceptors (Lipinski definition) is 5. The highest BCUT2D eigenvalue weighted by Gasteiger charge is 2.35. The molecule has 0 radical (unpaired) electrons. The number of anilines is 1. The van der Waals surface area contributed by atoms with Crippen LogP contribution in [-0.4, -0.2) is 54.6 Å². The quantitative estimate of drug-likeness (QED) is 0.925. The molecule has 3 fully saturated rings. The van der Waals surface area contributed by atoms with Gasteiger partial charge in [-0.1, -0.05) is 6.07 Å². The van der Waals surface area contributed by atoms with E-state index in [1.54, 1.807) is 0 Å². The number of piperidine rings is 3. The maximum absolute atomic E-state index is 12.9. The van der Waals surface area contributed by atoms with Crippen molar-refractivity contribution in [3.8, 4) is 0 Å². The number of fused-ring (bicyclic) bond motifs is 4. The Morgan fingerprint density at radius 1 is 1.36 bits per heavy atom. The Kier molecular flexibility index (Phi) is 4.15. The molecule has 25 heavy (non-hydrogen) atoms. The van der Waals surface area contributed by atoms with E-state index >= 15 is 0 Å². The van der Waals surface area contributed by atoms with E-state index in [2.05, 4.69) is 29.0 Å². The van der Waals surface area contributed by atoms with Crippen LogP contribution >= 0.6 is 0 Å². The lowest BCUT2D eigenvalue weighted by molar-refractivity contribution is 0.0621. The van der Waals surface area contributed by atoms with Crippen LogP contribution in [0.1, 0.15) is 37.0 Å². The van der Waals surface area contributed by atoms with Crippen LogP contribution in [0.25, 0.3) is 11.1 Å². The summed E-state index contributed by atoms with van der Waals surface area (Å²) in [5, 5.41) is 3.24. The number of aromatic nitrogens is 1. The zero-order chi connectivity index (χ0) is 17.6. The molecule has 1 amide bonds. The minimum Gasteiger partial charge on any atom is -0.423 e. The van der Waals surface area contributed by atoms with Gasteiger partial charge in [-0.15, -0.1) is 0 Å². The number of amides is 1. The Morgan fingerprint density at radius 3 is 2.76 bits per heavy atom. The lowest BCUT2D eigenvalue weighted by atomic mass is 9.84. The Balaban J connectivity index is 1.59. The van der Waals surface area contributed by atoms with Gasteiger partial charge in [0.15, 0.2) is 5.58 Å². The van der Waals surface area contributed by atoms with Crippen LogP contribution in [0.5, 0.6) is 0 Å². The van der Waals surface area contributed by atoms with E-state index in [0.717, 1.165) is 6.54 Å². The van der Waals surface area contributed by atoms with E-state index < -0.39 is 0 Å². The zero-order valence-electron chi connectivity index (χ0n) is 15.2. The van der Waals surface area contributed by atoms with Crippen molar-refractivity contribution in [2.75, 3.05) is 31.6 Å². The maximum Gasteiger partial charge on any atom is 0.298 e. The van der Waals surface area contributed by atoms with Crippen molar-refractivity contribution in [2.45, 2.75) is 38.8 Å². The first-order valence-electron chi connectivity index (χ1n) is 9.18. The van der Waals surface area contributed by atoms with Crippen LogP contribution in [0, 0.1) is 5.92 Å². The standard InChI is InChI=1S/C19H26N4O2/c1-12(2)22(3)19-21-17-14(5-4-6-16(17)25-19)18(24)20-15-11-23-9-7-13(15)8-10-23/h4-6,12-13,15H,7-11H2,1-3H3,(H,20,24)/t15-/m1/s1. The topological polar surface area (TPSA) is 61.6 Å². The fraction of sp³-hybridized carbons (Fsp3) is 0.579. The monoisotopic (exact) mass is 342 g/mol. The summed E-state index contributed by atoms with van der Waals surface area (Å²) in [6.07, 6.45) is 2.37. The Morgan fingerprint density at radius 2 is 2.12 bits per heavy atom. The molecule has 1 atom stereocenters. The summed E-state index contributed by atoms with van der Waals surface area (Å²) >= 11 is 0. The third kappa shape index (κ3) is 2.99. The smallest absolute Gasteiger partial charge is 0.298 e. The molecule has 3 aliphatic heterocycles. The minimum absolute atomic E-state index is 0.0450. The van der Waals surface area contributed by atoms with Gasteiger partial charge in [0.2, 0.25) is 0 Å². The van der Waals surface area contributed by atoms with Crippen molar-refractivity contribution >= 4 is 23.0 Å². The van der Waals surface area contributed by atoms with Gasteiger partial charge < -0.3 is 19.5 Å². The molecule has 5 rings (SSSR count). The van der Waals surface area contributed by atoms with Crippen molar-refractivity contribution in [3.63, 3.8) is 0 Å². The van der Waals surface area contributed by atoms with Crippen LogP contribution in [0.4, 0.5) is 6.01 Å². The van der Waals surface area contributed by atoms with Crippen LogP contribution in [-0.2, 0) is 0 Å². The number of hydrogen-bond donors (Lipinski definition) is 1. The van der Waals surface area contributed by atoms with Crippen molar-refractivity contribution in [1.82, 2.24) is 15.2 Å².